The second-order valence-electron chi connectivity index (χ2n) is 5.45. The highest BCUT2D eigenvalue weighted by molar-refractivity contribution is 7.99. The summed E-state index contributed by atoms with van der Waals surface area (Å²) in [4.78, 5) is 12.1. The van der Waals surface area contributed by atoms with Crippen molar-refractivity contribution < 1.29 is 13.6 Å². The zero-order valence-electron chi connectivity index (χ0n) is 13.8. The number of carbonyl (C=O) groups is 1. The van der Waals surface area contributed by atoms with E-state index < -0.39 is 5.82 Å². The van der Waals surface area contributed by atoms with Gasteiger partial charge >= 0.3 is 0 Å². The molecule has 1 N–H and O–H groups in total. The molecule has 8 heteroatoms. The third-order valence-electron chi connectivity index (χ3n) is 3.59. The second kappa shape index (κ2) is 8.33. The molecule has 0 aliphatic heterocycles. The van der Waals surface area contributed by atoms with Crippen LogP contribution in [0.2, 0.25) is 5.02 Å². The van der Waals surface area contributed by atoms with Gasteiger partial charge in [-0.25, -0.2) is 4.39 Å². The van der Waals surface area contributed by atoms with Gasteiger partial charge in [0.2, 0.25) is 5.91 Å². The number of amides is 1. The molecule has 5 nitrogen and oxygen atoms in total. The quantitative estimate of drug-likeness (QED) is 0.626. The Morgan fingerprint density at radius 2 is 1.96 bits per heavy atom. The van der Waals surface area contributed by atoms with Crippen molar-refractivity contribution in [2.75, 3.05) is 5.75 Å². The fraction of sp³-hybridized carbons (Fsp3) is 0.167. The van der Waals surface area contributed by atoms with E-state index in [1.54, 1.807) is 24.3 Å². The maximum absolute atomic E-state index is 13.7. The average Bonchev–Trinajstić information content (AvgIpc) is 3.09. The number of aromatic nitrogens is 2. The lowest BCUT2D eigenvalue weighted by Crippen LogP contribution is -2.28. The van der Waals surface area contributed by atoms with Crippen molar-refractivity contribution in [3.63, 3.8) is 0 Å². The number of rotatable bonds is 6. The minimum absolute atomic E-state index is 0.0791. The van der Waals surface area contributed by atoms with Gasteiger partial charge in [-0.15, -0.1) is 10.2 Å². The zero-order chi connectivity index (χ0) is 18.5. The van der Waals surface area contributed by atoms with E-state index in [1.165, 1.54) is 6.07 Å². The Bertz CT molecular complexity index is 919. The Morgan fingerprint density at radius 3 is 2.73 bits per heavy atom. The van der Waals surface area contributed by atoms with Crippen LogP contribution in [0.5, 0.6) is 0 Å². The molecule has 1 aromatic heterocycles. The summed E-state index contributed by atoms with van der Waals surface area (Å²) in [5.41, 5.74) is 1.07. The fourth-order valence-corrected chi connectivity index (χ4v) is 3.20. The van der Waals surface area contributed by atoms with E-state index in [0.29, 0.717) is 5.02 Å². The maximum atomic E-state index is 13.7. The monoisotopic (exact) mass is 391 g/mol. The third-order valence-corrected chi connectivity index (χ3v) is 4.75. The molecule has 0 saturated carbocycles. The number of nitrogens with one attached hydrogen (secondary N) is 1. The molecule has 26 heavy (non-hydrogen) atoms. The normalized spacial score (nSPS) is 12.0. The summed E-state index contributed by atoms with van der Waals surface area (Å²) in [7, 11) is 0. The summed E-state index contributed by atoms with van der Waals surface area (Å²) in [6.45, 7) is 1.85. The lowest BCUT2D eigenvalue weighted by atomic mass is 10.1. The molecule has 0 spiro atoms. The van der Waals surface area contributed by atoms with Crippen molar-refractivity contribution in [1.29, 1.82) is 0 Å². The summed E-state index contributed by atoms with van der Waals surface area (Å²) in [5, 5.41) is 11.3. The second-order valence-corrected chi connectivity index (χ2v) is 6.79. The molecule has 3 rings (SSSR count). The number of halogens is 2. The van der Waals surface area contributed by atoms with E-state index in [4.69, 9.17) is 16.0 Å². The first-order valence-corrected chi connectivity index (χ1v) is 9.16. The van der Waals surface area contributed by atoms with Gasteiger partial charge in [0.1, 0.15) is 5.82 Å². The van der Waals surface area contributed by atoms with Crippen LogP contribution < -0.4 is 5.32 Å². The molecule has 0 aliphatic rings. The summed E-state index contributed by atoms with van der Waals surface area (Å²) < 4.78 is 19.1. The molecule has 0 bridgehead atoms. The number of carbonyl (C=O) groups excluding carboxylic acids is 1. The summed E-state index contributed by atoms with van der Waals surface area (Å²) in [6, 6.07) is 13.2. The van der Waals surface area contributed by atoms with E-state index in [9.17, 15) is 9.18 Å². The largest absolute Gasteiger partial charge is 0.411 e. The van der Waals surface area contributed by atoms with Crippen LogP contribution in [0.15, 0.2) is 58.2 Å². The molecule has 0 saturated heterocycles. The van der Waals surface area contributed by atoms with Crippen LogP contribution in [0.25, 0.3) is 11.5 Å². The Morgan fingerprint density at radius 1 is 1.23 bits per heavy atom. The topological polar surface area (TPSA) is 68.0 Å². The predicted octanol–water partition coefficient (Wildman–Crippen LogP) is 4.50. The molecule has 1 amide bonds. The molecule has 1 heterocycles. The van der Waals surface area contributed by atoms with Gasteiger partial charge in [0.05, 0.1) is 17.4 Å². The van der Waals surface area contributed by atoms with Crippen molar-refractivity contribution >= 4 is 29.3 Å². The van der Waals surface area contributed by atoms with Crippen LogP contribution in [0.3, 0.4) is 0 Å². The number of nitrogens with zero attached hydrogens (tertiary/aromatic N) is 2. The van der Waals surface area contributed by atoms with Crippen LogP contribution in [0.1, 0.15) is 18.5 Å². The van der Waals surface area contributed by atoms with E-state index in [0.717, 1.165) is 17.3 Å². The van der Waals surface area contributed by atoms with E-state index >= 15 is 0 Å². The van der Waals surface area contributed by atoms with Gasteiger partial charge in [0.25, 0.3) is 11.1 Å². The smallest absolute Gasteiger partial charge is 0.277 e. The third kappa shape index (κ3) is 4.42. The molecule has 0 fully saturated rings. The standard InChI is InChI=1S/C18H15ClFN3O2S/c1-11(12-6-2-4-8-14(12)19)21-16(24)10-26-18-23-22-17(25-18)13-7-3-5-9-15(13)20/h2-9,11H,10H2,1H3,(H,21,24)/t11-/m0/s1. The van der Waals surface area contributed by atoms with Crippen molar-refractivity contribution in [1.82, 2.24) is 15.5 Å². The fourth-order valence-electron chi connectivity index (χ4n) is 2.33. The maximum Gasteiger partial charge on any atom is 0.277 e. The molecule has 3 aromatic rings. The Hall–Kier alpha value is -2.38. The molecule has 0 radical (unpaired) electrons. The predicted molar refractivity (Wildman–Crippen MR) is 98.4 cm³/mol. The van der Waals surface area contributed by atoms with Gasteiger partial charge in [-0.2, -0.15) is 0 Å². The van der Waals surface area contributed by atoms with Crippen LogP contribution in [0, 0.1) is 5.82 Å². The SMILES string of the molecule is C[C@H](NC(=O)CSc1nnc(-c2ccccc2F)o1)c1ccccc1Cl. The van der Waals surface area contributed by atoms with Crippen LogP contribution in [0.4, 0.5) is 4.39 Å². The first-order valence-electron chi connectivity index (χ1n) is 7.79. The van der Waals surface area contributed by atoms with Gasteiger partial charge in [0, 0.05) is 5.02 Å². The van der Waals surface area contributed by atoms with E-state index in [-0.39, 0.29) is 34.4 Å². The Balaban J connectivity index is 1.57. The molecular weight excluding hydrogens is 377 g/mol. The number of benzene rings is 2. The molecular formula is C18H15ClFN3O2S. The highest BCUT2D eigenvalue weighted by atomic mass is 35.5. The zero-order valence-corrected chi connectivity index (χ0v) is 15.4. The highest BCUT2D eigenvalue weighted by Gasteiger charge is 2.16. The molecule has 2 aromatic carbocycles. The minimum atomic E-state index is -0.445. The molecule has 0 aliphatic carbocycles. The summed E-state index contributed by atoms with van der Waals surface area (Å²) in [5.74, 6) is -0.476. The van der Waals surface area contributed by atoms with Gasteiger partial charge in [-0.1, -0.05) is 53.7 Å². The van der Waals surface area contributed by atoms with Gasteiger partial charge in [-0.05, 0) is 30.7 Å². The average molecular weight is 392 g/mol. The number of hydrogen-bond acceptors (Lipinski definition) is 5. The summed E-state index contributed by atoms with van der Waals surface area (Å²) in [6.07, 6.45) is 0. The molecule has 134 valence electrons. The van der Waals surface area contributed by atoms with Gasteiger partial charge in [0.15, 0.2) is 0 Å². The Labute approximate surface area is 159 Å². The van der Waals surface area contributed by atoms with Crippen molar-refractivity contribution in [3.05, 3.63) is 64.9 Å². The molecule has 1 atom stereocenters. The summed E-state index contributed by atoms with van der Waals surface area (Å²) >= 11 is 7.21. The van der Waals surface area contributed by atoms with Crippen molar-refractivity contribution in [2.45, 2.75) is 18.2 Å². The highest BCUT2D eigenvalue weighted by Crippen LogP contribution is 2.25. The first-order chi connectivity index (χ1) is 12.5. The lowest BCUT2D eigenvalue weighted by Gasteiger charge is -2.15. The van der Waals surface area contributed by atoms with Crippen molar-refractivity contribution in [3.8, 4) is 11.5 Å². The van der Waals surface area contributed by atoms with Gasteiger partial charge in [-0.3, -0.25) is 4.79 Å². The Kier molecular flexibility index (Phi) is 5.90. The lowest BCUT2D eigenvalue weighted by molar-refractivity contribution is -0.119. The van der Waals surface area contributed by atoms with Gasteiger partial charge < -0.3 is 9.73 Å². The number of hydrogen-bond donors (Lipinski definition) is 1. The minimum Gasteiger partial charge on any atom is -0.411 e. The molecule has 0 unspecified atom stereocenters. The van der Waals surface area contributed by atoms with E-state index in [2.05, 4.69) is 15.5 Å². The van der Waals surface area contributed by atoms with Crippen molar-refractivity contribution in [2.24, 2.45) is 0 Å². The number of thioether (sulfide) groups is 1. The van der Waals surface area contributed by atoms with Crippen LogP contribution in [-0.2, 0) is 4.79 Å². The first kappa shape index (κ1) is 18.4. The van der Waals surface area contributed by atoms with Crippen LogP contribution >= 0.6 is 23.4 Å². The van der Waals surface area contributed by atoms with Crippen LogP contribution in [-0.4, -0.2) is 21.9 Å². The van der Waals surface area contributed by atoms with E-state index in [1.807, 2.05) is 25.1 Å².